The first-order valence-corrected chi connectivity index (χ1v) is 9.77. The molecule has 0 aliphatic carbocycles. The molecule has 5 rings (SSSR count). The Labute approximate surface area is 168 Å². The van der Waals surface area contributed by atoms with Crippen LogP contribution in [0.25, 0.3) is 6.08 Å². The third-order valence-electron chi connectivity index (χ3n) is 5.71. The lowest BCUT2D eigenvalue weighted by atomic mass is 10.0. The lowest BCUT2D eigenvalue weighted by Gasteiger charge is -2.30. The Hall–Kier alpha value is -3.03. The van der Waals surface area contributed by atoms with E-state index in [0.29, 0.717) is 34.9 Å². The second-order valence-corrected chi connectivity index (χ2v) is 7.70. The second kappa shape index (κ2) is 7.09. The molecule has 0 saturated carbocycles. The molecule has 2 aromatic carbocycles. The highest BCUT2D eigenvalue weighted by atomic mass is 16.7. The Morgan fingerprint density at radius 3 is 2.76 bits per heavy atom. The van der Waals surface area contributed by atoms with Crippen molar-refractivity contribution in [1.29, 1.82) is 0 Å². The Balaban J connectivity index is 1.43. The number of rotatable bonds is 3. The molecule has 0 atom stereocenters. The van der Waals surface area contributed by atoms with Crippen LogP contribution in [0.3, 0.4) is 0 Å². The lowest BCUT2D eigenvalue weighted by molar-refractivity contribution is -0.918. The van der Waals surface area contributed by atoms with Crippen LogP contribution in [0.2, 0.25) is 0 Å². The fraction of sp³-hybridized carbons (Fsp3) is 0.318. The van der Waals surface area contributed by atoms with Crippen molar-refractivity contribution in [1.82, 2.24) is 4.90 Å². The molecule has 29 heavy (non-hydrogen) atoms. The summed E-state index contributed by atoms with van der Waals surface area (Å²) in [6.45, 7) is 4.68. The van der Waals surface area contributed by atoms with E-state index in [1.165, 1.54) is 11.0 Å². The van der Waals surface area contributed by atoms with Gasteiger partial charge in [0.05, 0.1) is 18.7 Å². The molecule has 0 amide bonds. The van der Waals surface area contributed by atoms with Crippen molar-refractivity contribution in [3.63, 3.8) is 0 Å². The number of allylic oxidation sites excluding steroid dienone is 1. The highest BCUT2D eigenvalue weighted by Gasteiger charge is 2.31. The summed E-state index contributed by atoms with van der Waals surface area (Å²) in [7, 11) is 2.10. The number of carbonyl (C=O) groups is 1. The van der Waals surface area contributed by atoms with Gasteiger partial charge in [-0.1, -0.05) is 17.9 Å². The lowest BCUT2D eigenvalue weighted by Crippen LogP contribution is -3.13. The molecule has 0 unspecified atom stereocenters. The number of quaternary nitrogens is 1. The normalized spacial score (nSPS) is 20.2. The largest absolute Gasteiger partial charge is 0.872 e. The minimum absolute atomic E-state index is 0.0766. The smallest absolute Gasteiger partial charge is 0.231 e. The summed E-state index contributed by atoms with van der Waals surface area (Å²) >= 11 is 0. The first-order valence-electron chi connectivity index (χ1n) is 9.77. The number of carbonyl (C=O) groups excluding carboxylic acids is 1. The van der Waals surface area contributed by atoms with Crippen molar-refractivity contribution < 1.29 is 29.0 Å². The van der Waals surface area contributed by atoms with Crippen LogP contribution in [0.4, 0.5) is 0 Å². The van der Waals surface area contributed by atoms with E-state index >= 15 is 0 Å². The molecule has 7 heteroatoms. The summed E-state index contributed by atoms with van der Waals surface area (Å²) in [5.74, 6) is 1.69. The topological polar surface area (TPSA) is 75.5 Å². The van der Waals surface area contributed by atoms with Gasteiger partial charge in [-0.2, -0.15) is 0 Å². The number of hydrogen-bond acceptors (Lipinski definition) is 6. The van der Waals surface area contributed by atoms with Crippen molar-refractivity contribution in [3.8, 4) is 23.0 Å². The Morgan fingerprint density at radius 1 is 1.14 bits per heavy atom. The molecule has 3 aliphatic rings. The van der Waals surface area contributed by atoms with E-state index in [1.54, 1.807) is 18.2 Å². The molecule has 7 nitrogen and oxygen atoms in total. The predicted molar refractivity (Wildman–Crippen MR) is 103 cm³/mol. The van der Waals surface area contributed by atoms with Gasteiger partial charge in [0.1, 0.15) is 12.3 Å². The van der Waals surface area contributed by atoms with Crippen molar-refractivity contribution in [3.05, 3.63) is 52.8 Å². The highest BCUT2D eigenvalue weighted by molar-refractivity contribution is 6.15. The van der Waals surface area contributed by atoms with Crippen LogP contribution in [-0.4, -0.2) is 50.7 Å². The van der Waals surface area contributed by atoms with Gasteiger partial charge in [-0.15, -0.1) is 0 Å². The van der Waals surface area contributed by atoms with Crippen molar-refractivity contribution in [2.75, 3.05) is 40.0 Å². The van der Waals surface area contributed by atoms with Gasteiger partial charge in [0, 0.05) is 18.7 Å². The quantitative estimate of drug-likeness (QED) is 0.762. The summed E-state index contributed by atoms with van der Waals surface area (Å²) in [5, 5.41) is 12.6. The monoisotopic (exact) mass is 394 g/mol. The molecule has 150 valence electrons. The van der Waals surface area contributed by atoms with Gasteiger partial charge in [0.2, 0.25) is 12.6 Å². The van der Waals surface area contributed by atoms with Crippen LogP contribution >= 0.6 is 0 Å². The van der Waals surface area contributed by atoms with Crippen molar-refractivity contribution in [2.45, 2.75) is 6.54 Å². The average Bonchev–Trinajstić information content (AvgIpc) is 3.30. The van der Waals surface area contributed by atoms with Crippen LogP contribution in [-0.2, 0) is 6.54 Å². The van der Waals surface area contributed by atoms with E-state index in [9.17, 15) is 9.90 Å². The van der Waals surface area contributed by atoms with Crippen LogP contribution in [0.15, 0.2) is 36.1 Å². The van der Waals surface area contributed by atoms with E-state index in [1.807, 2.05) is 12.1 Å². The molecule has 3 aliphatic heterocycles. The number of ketones is 1. The van der Waals surface area contributed by atoms with Crippen LogP contribution in [0.1, 0.15) is 21.5 Å². The second-order valence-electron chi connectivity index (χ2n) is 7.70. The summed E-state index contributed by atoms with van der Waals surface area (Å²) < 4.78 is 16.6. The fourth-order valence-corrected chi connectivity index (χ4v) is 3.97. The van der Waals surface area contributed by atoms with Crippen molar-refractivity contribution in [2.24, 2.45) is 0 Å². The minimum Gasteiger partial charge on any atom is -0.872 e. The molecule has 1 fully saturated rings. The van der Waals surface area contributed by atoms with Crippen LogP contribution in [0, 0.1) is 0 Å². The first kappa shape index (κ1) is 18.0. The predicted octanol–water partition coefficient (Wildman–Crippen LogP) is 0.435. The van der Waals surface area contributed by atoms with Gasteiger partial charge in [-0.05, 0) is 36.9 Å². The number of nitrogens with one attached hydrogen (secondary N) is 1. The summed E-state index contributed by atoms with van der Waals surface area (Å²) in [6.07, 6.45) is 1.68. The maximum absolute atomic E-state index is 12.9. The number of benzene rings is 2. The van der Waals surface area contributed by atoms with Gasteiger partial charge in [0.15, 0.2) is 17.3 Å². The number of nitrogens with zero attached hydrogens (tertiary/aromatic N) is 1. The molecule has 0 bridgehead atoms. The molecule has 0 spiro atoms. The van der Waals surface area contributed by atoms with E-state index in [0.717, 1.165) is 31.7 Å². The fourth-order valence-electron chi connectivity index (χ4n) is 3.97. The zero-order valence-electron chi connectivity index (χ0n) is 16.2. The SMILES string of the molecule is CN1CC[NH+](Cc2c([O-])ccc3c2O/C(=C\c2ccc4c(c2)OCO4)C3=O)CC1. The molecule has 0 radical (unpaired) electrons. The zero-order chi connectivity index (χ0) is 20.0. The molecule has 0 aromatic heterocycles. The van der Waals surface area contributed by atoms with Crippen LogP contribution in [0.5, 0.6) is 23.0 Å². The molecule has 3 heterocycles. The van der Waals surface area contributed by atoms with E-state index in [-0.39, 0.29) is 24.1 Å². The number of fused-ring (bicyclic) bond motifs is 2. The summed E-state index contributed by atoms with van der Waals surface area (Å²) in [5.41, 5.74) is 1.82. The number of likely N-dealkylation sites (N-methyl/N-ethyl adjacent to an activating group) is 1. The molecule has 1 saturated heterocycles. The van der Waals surface area contributed by atoms with Gasteiger partial charge in [-0.3, -0.25) is 9.69 Å². The van der Waals surface area contributed by atoms with Gasteiger partial charge in [0.25, 0.3) is 0 Å². The highest BCUT2D eigenvalue weighted by Crippen LogP contribution is 2.39. The first-order chi connectivity index (χ1) is 14.1. The summed E-state index contributed by atoms with van der Waals surface area (Å²) in [4.78, 5) is 16.5. The van der Waals surface area contributed by atoms with Crippen molar-refractivity contribution >= 4 is 11.9 Å². The summed E-state index contributed by atoms with van der Waals surface area (Å²) in [6, 6.07) is 8.51. The van der Waals surface area contributed by atoms with Gasteiger partial charge in [-0.25, -0.2) is 0 Å². The number of ether oxygens (including phenoxy) is 3. The molecular formula is C22H22N2O5. The third kappa shape index (κ3) is 3.32. The minimum atomic E-state index is -0.202. The maximum Gasteiger partial charge on any atom is 0.231 e. The molecule has 1 N–H and O–H groups in total. The molecular weight excluding hydrogens is 372 g/mol. The standard InChI is InChI=1S/C22H22N2O5/c1-23-6-8-24(9-7-23)12-16-17(25)4-3-15-21(26)20(29-22(15)16)11-14-2-5-18-19(10-14)28-13-27-18/h2-5,10-11,25H,6-9,12-13H2,1H3/b20-11-. The number of piperazine rings is 1. The average molecular weight is 394 g/mol. The van der Waals surface area contributed by atoms with Crippen LogP contribution < -0.4 is 24.2 Å². The number of hydrogen-bond donors (Lipinski definition) is 1. The number of Topliss-reactive ketones (excluding diaryl/α,β-unsaturated/α-hetero) is 1. The Morgan fingerprint density at radius 2 is 1.93 bits per heavy atom. The Kier molecular flexibility index (Phi) is 4.41. The van der Waals surface area contributed by atoms with Gasteiger partial charge < -0.3 is 24.2 Å². The third-order valence-corrected chi connectivity index (χ3v) is 5.71. The van der Waals surface area contributed by atoms with E-state index in [2.05, 4.69) is 11.9 Å². The zero-order valence-corrected chi connectivity index (χ0v) is 16.2. The molecule has 2 aromatic rings. The van der Waals surface area contributed by atoms with E-state index < -0.39 is 0 Å². The van der Waals surface area contributed by atoms with Gasteiger partial charge >= 0.3 is 0 Å². The Bertz CT molecular complexity index is 1010. The maximum atomic E-state index is 12.9. The van der Waals surface area contributed by atoms with E-state index in [4.69, 9.17) is 14.2 Å².